The Bertz CT molecular complexity index is 2220. The Balaban J connectivity index is 1.23. The van der Waals surface area contributed by atoms with Crippen LogP contribution in [0.2, 0.25) is 0 Å². The van der Waals surface area contributed by atoms with Gasteiger partial charge in [-0.05, 0) is 71.3 Å². The van der Waals surface area contributed by atoms with E-state index < -0.39 is 0 Å². The molecule has 0 unspecified atom stereocenters. The van der Waals surface area contributed by atoms with Gasteiger partial charge in [-0.2, -0.15) is 0 Å². The summed E-state index contributed by atoms with van der Waals surface area (Å²) in [4.78, 5) is 2.36. The molecule has 0 aliphatic heterocycles. The Kier molecular flexibility index (Phi) is 7.22. The summed E-state index contributed by atoms with van der Waals surface area (Å²) in [5.41, 5.74) is 11.6. The molecule has 0 N–H and O–H groups in total. The third kappa shape index (κ3) is 5.16. The molecule has 8 aromatic rings. The Morgan fingerprint density at radius 2 is 0.870 bits per heavy atom. The summed E-state index contributed by atoms with van der Waals surface area (Å²) in [5, 5.41) is 2.53. The number of hydrogen-bond acceptors (Lipinski definition) is 1. The average Bonchev–Trinajstić information content (AvgIpc) is 3.47. The summed E-state index contributed by atoms with van der Waals surface area (Å²) >= 11 is 0. The van der Waals surface area contributed by atoms with E-state index in [1.54, 1.807) is 0 Å². The van der Waals surface area contributed by atoms with Crippen LogP contribution < -0.4 is 4.90 Å². The van der Waals surface area contributed by atoms with Crippen molar-refractivity contribution in [2.45, 2.75) is 0 Å². The van der Waals surface area contributed by atoms with Crippen molar-refractivity contribution < 1.29 is 0 Å². The molecule has 1 aromatic heterocycles. The first kappa shape index (κ1) is 27.4. The first-order chi connectivity index (χ1) is 22.8. The summed E-state index contributed by atoms with van der Waals surface area (Å²) in [7, 11) is 0. The van der Waals surface area contributed by atoms with Gasteiger partial charge in [-0.1, -0.05) is 140 Å². The van der Waals surface area contributed by atoms with Crippen molar-refractivity contribution in [1.29, 1.82) is 0 Å². The van der Waals surface area contributed by atoms with E-state index in [9.17, 15) is 0 Å². The van der Waals surface area contributed by atoms with E-state index in [1.165, 1.54) is 38.5 Å². The summed E-state index contributed by atoms with van der Waals surface area (Å²) in [6.45, 7) is 0. The van der Waals surface area contributed by atoms with Gasteiger partial charge >= 0.3 is 0 Å². The van der Waals surface area contributed by atoms with Gasteiger partial charge < -0.3 is 9.47 Å². The van der Waals surface area contributed by atoms with Gasteiger partial charge in [0, 0.05) is 33.4 Å². The fourth-order valence-electron chi connectivity index (χ4n) is 6.40. The van der Waals surface area contributed by atoms with Crippen LogP contribution in [-0.4, -0.2) is 4.57 Å². The zero-order chi connectivity index (χ0) is 30.7. The number of rotatable bonds is 7. The first-order valence-corrected chi connectivity index (χ1v) is 15.7. The normalized spacial score (nSPS) is 11.4. The molecule has 8 rings (SSSR count). The van der Waals surface area contributed by atoms with Gasteiger partial charge in [0.1, 0.15) is 0 Å². The minimum Gasteiger partial charge on any atom is -0.310 e. The van der Waals surface area contributed by atoms with Crippen molar-refractivity contribution in [3.8, 4) is 16.8 Å². The van der Waals surface area contributed by atoms with E-state index in [2.05, 4.69) is 198 Å². The van der Waals surface area contributed by atoms with Crippen LogP contribution in [0.5, 0.6) is 0 Å². The second kappa shape index (κ2) is 12.1. The molecule has 0 bridgehead atoms. The quantitative estimate of drug-likeness (QED) is 0.168. The van der Waals surface area contributed by atoms with Gasteiger partial charge in [-0.15, -0.1) is 0 Å². The van der Waals surface area contributed by atoms with Crippen LogP contribution in [0.15, 0.2) is 182 Å². The number of fused-ring (bicyclic) bond motifs is 3. The van der Waals surface area contributed by atoms with E-state index >= 15 is 0 Å². The molecule has 0 atom stereocenters. The lowest BCUT2D eigenvalue weighted by atomic mass is 10.0. The van der Waals surface area contributed by atoms with Crippen LogP contribution in [0.3, 0.4) is 0 Å². The van der Waals surface area contributed by atoms with Crippen molar-refractivity contribution in [2.75, 3.05) is 4.90 Å². The molecule has 0 amide bonds. The van der Waals surface area contributed by atoms with Crippen molar-refractivity contribution in [2.24, 2.45) is 0 Å². The molecule has 1 heterocycles. The largest absolute Gasteiger partial charge is 0.310 e. The maximum absolute atomic E-state index is 2.37. The highest BCUT2D eigenvalue weighted by Crippen LogP contribution is 2.41. The highest BCUT2D eigenvalue weighted by Gasteiger charge is 2.18. The Morgan fingerprint density at radius 3 is 1.50 bits per heavy atom. The Hall–Kier alpha value is -6.12. The van der Waals surface area contributed by atoms with Crippen molar-refractivity contribution in [3.63, 3.8) is 0 Å². The molecule has 0 radical (unpaired) electrons. The predicted octanol–water partition coefficient (Wildman–Crippen LogP) is 12.1. The number of hydrogen-bond donors (Lipinski definition) is 0. The lowest BCUT2D eigenvalue weighted by Crippen LogP contribution is -2.11. The lowest BCUT2D eigenvalue weighted by molar-refractivity contribution is 1.17. The van der Waals surface area contributed by atoms with Gasteiger partial charge in [-0.25, -0.2) is 0 Å². The fraction of sp³-hybridized carbons (Fsp3) is 0. The third-order valence-electron chi connectivity index (χ3n) is 8.60. The minimum absolute atomic E-state index is 1.10. The number of para-hydroxylation sites is 3. The van der Waals surface area contributed by atoms with E-state index in [0.717, 1.165) is 28.3 Å². The molecule has 0 saturated carbocycles. The molecule has 0 spiro atoms. The maximum atomic E-state index is 2.37. The molecule has 218 valence electrons. The molecule has 0 aliphatic carbocycles. The van der Waals surface area contributed by atoms with Gasteiger partial charge in [-0.3, -0.25) is 0 Å². The Morgan fingerprint density at radius 1 is 0.391 bits per heavy atom. The number of aromatic nitrogens is 1. The second-order valence-electron chi connectivity index (χ2n) is 11.4. The molecule has 2 heteroatoms. The molecule has 7 aromatic carbocycles. The highest BCUT2D eigenvalue weighted by atomic mass is 15.1. The smallest absolute Gasteiger partial charge is 0.0541 e. The molecule has 46 heavy (non-hydrogen) atoms. The lowest BCUT2D eigenvalue weighted by Gasteiger charge is -2.28. The summed E-state index contributed by atoms with van der Waals surface area (Å²) in [6.07, 6.45) is 4.33. The van der Waals surface area contributed by atoms with Gasteiger partial charge in [0.2, 0.25) is 0 Å². The van der Waals surface area contributed by atoms with Crippen LogP contribution in [0, 0.1) is 0 Å². The van der Waals surface area contributed by atoms with Crippen LogP contribution >= 0.6 is 0 Å². The molecule has 0 aliphatic rings. The third-order valence-corrected chi connectivity index (χ3v) is 8.60. The van der Waals surface area contributed by atoms with Crippen LogP contribution in [0.1, 0.15) is 11.1 Å². The van der Waals surface area contributed by atoms with Crippen molar-refractivity contribution >= 4 is 51.0 Å². The van der Waals surface area contributed by atoms with Crippen molar-refractivity contribution in [3.05, 3.63) is 193 Å². The number of benzene rings is 7. The standard InChI is InChI=1S/C44H32N2/c1-3-13-33(14-4-1)23-24-34-25-27-36(28-26-34)45(42-20-10-7-17-39(42)35-15-5-2-6-16-35)37-29-31-38(32-30-37)46-43-21-11-8-18-40(43)41-19-9-12-22-44(41)46/h1-32H/b24-23+. The topological polar surface area (TPSA) is 8.17 Å². The molecule has 0 fully saturated rings. The zero-order valence-corrected chi connectivity index (χ0v) is 25.4. The monoisotopic (exact) mass is 588 g/mol. The van der Waals surface area contributed by atoms with Crippen LogP contribution in [0.25, 0.3) is 50.8 Å². The van der Waals surface area contributed by atoms with E-state index in [0.29, 0.717) is 0 Å². The number of nitrogens with zero attached hydrogens (tertiary/aromatic N) is 2. The molecular formula is C44H32N2. The highest BCUT2D eigenvalue weighted by molar-refractivity contribution is 6.09. The summed E-state index contributed by atoms with van der Waals surface area (Å²) in [6, 6.07) is 64.8. The van der Waals surface area contributed by atoms with Crippen LogP contribution in [-0.2, 0) is 0 Å². The summed E-state index contributed by atoms with van der Waals surface area (Å²) < 4.78 is 2.37. The zero-order valence-electron chi connectivity index (χ0n) is 25.4. The predicted molar refractivity (Wildman–Crippen MR) is 196 cm³/mol. The number of anilines is 3. The van der Waals surface area contributed by atoms with Gasteiger partial charge in [0.25, 0.3) is 0 Å². The Labute approximate surface area is 269 Å². The average molecular weight is 589 g/mol. The van der Waals surface area contributed by atoms with Gasteiger partial charge in [0.15, 0.2) is 0 Å². The van der Waals surface area contributed by atoms with Crippen LogP contribution in [0.4, 0.5) is 17.1 Å². The molecule has 2 nitrogen and oxygen atoms in total. The SMILES string of the molecule is C(=C\c1ccc(N(c2ccc(-n3c4ccccc4c4ccccc43)cc2)c2ccccc2-c2ccccc2)cc1)/c1ccccc1. The summed E-state index contributed by atoms with van der Waals surface area (Å²) in [5.74, 6) is 0. The molecular weight excluding hydrogens is 556 g/mol. The maximum Gasteiger partial charge on any atom is 0.0541 e. The first-order valence-electron chi connectivity index (χ1n) is 15.7. The fourth-order valence-corrected chi connectivity index (χ4v) is 6.40. The molecule has 0 saturated heterocycles. The minimum atomic E-state index is 1.10. The van der Waals surface area contributed by atoms with Crippen molar-refractivity contribution in [1.82, 2.24) is 4.57 Å². The van der Waals surface area contributed by atoms with E-state index in [-0.39, 0.29) is 0 Å². The van der Waals surface area contributed by atoms with Gasteiger partial charge in [0.05, 0.1) is 16.7 Å². The van der Waals surface area contributed by atoms with E-state index in [1.807, 2.05) is 6.07 Å². The second-order valence-corrected chi connectivity index (χ2v) is 11.4. The van der Waals surface area contributed by atoms with E-state index in [4.69, 9.17) is 0 Å².